The number of rotatable bonds is 5. The quantitative estimate of drug-likeness (QED) is 0.628. The largest absolute Gasteiger partial charge is 0.496 e. The van der Waals surface area contributed by atoms with Crippen LogP contribution in [0.2, 0.25) is 0 Å². The molecule has 112 valence electrons. The molecular formula is C17H17N3O2. The molecule has 1 aromatic carbocycles. The van der Waals surface area contributed by atoms with Crippen molar-refractivity contribution in [2.75, 3.05) is 7.11 Å². The number of benzene rings is 1. The maximum absolute atomic E-state index is 8.93. The summed E-state index contributed by atoms with van der Waals surface area (Å²) in [6.07, 6.45) is 1.50. The standard InChI is InChI=1S/C17H17N3O2/c1-12-5-4-6-17(21-3)16(12)11-22-19-10-15-8-14(9-18)7-13(2)20-15/h4-8,10H,11H2,1-3H3. The lowest BCUT2D eigenvalue weighted by atomic mass is 10.1. The molecule has 0 saturated carbocycles. The van der Waals surface area contributed by atoms with E-state index in [-0.39, 0.29) is 0 Å². The zero-order chi connectivity index (χ0) is 15.9. The normalized spacial score (nSPS) is 10.5. The van der Waals surface area contributed by atoms with E-state index in [0.717, 1.165) is 22.6 Å². The third kappa shape index (κ3) is 3.83. The number of nitriles is 1. The van der Waals surface area contributed by atoms with Gasteiger partial charge in [-0.3, -0.25) is 4.98 Å². The minimum absolute atomic E-state index is 0.309. The fourth-order valence-corrected chi connectivity index (χ4v) is 2.07. The zero-order valence-electron chi connectivity index (χ0n) is 12.8. The van der Waals surface area contributed by atoms with Gasteiger partial charge < -0.3 is 9.57 Å². The Morgan fingerprint density at radius 1 is 1.32 bits per heavy atom. The molecule has 1 heterocycles. The average molecular weight is 295 g/mol. The van der Waals surface area contributed by atoms with Gasteiger partial charge in [0.05, 0.1) is 30.7 Å². The Labute approximate surface area is 129 Å². The summed E-state index contributed by atoms with van der Waals surface area (Å²) in [5, 5.41) is 12.8. The van der Waals surface area contributed by atoms with Crippen LogP contribution >= 0.6 is 0 Å². The van der Waals surface area contributed by atoms with E-state index in [2.05, 4.69) is 16.2 Å². The Morgan fingerprint density at radius 3 is 2.86 bits per heavy atom. The van der Waals surface area contributed by atoms with Crippen LogP contribution in [-0.2, 0) is 11.4 Å². The van der Waals surface area contributed by atoms with E-state index in [1.807, 2.05) is 32.0 Å². The predicted molar refractivity (Wildman–Crippen MR) is 83.8 cm³/mol. The molecule has 0 fully saturated rings. The van der Waals surface area contributed by atoms with Crippen LogP contribution in [0, 0.1) is 25.2 Å². The van der Waals surface area contributed by atoms with Gasteiger partial charge in [-0.25, -0.2) is 0 Å². The highest BCUT2D eigenvalue weighted by molar-refractivity contribution is 5.77. The second-order valence-corrected chi connectivity index (χ2v) is 4.80. The summed E-state index contributed by atoms with van der Waals surface area (Å²) in [4.78, 5) is 9.60. The molecule has 0 radical (unpaired) electrons. The van der Waals surface area contributed by atoms with Crippen LogP contribution in [0.3, 0.4) is 0 Å². The van der Waals surface area contributed by atoms with Crippen molar-refractivity contribution >= 4 is 6.21 Å². The Balaban J connectivity index is 2.05. The van der Waals surface area contributed by atoms with Gasteiger partial charge in [-0.2, -0.15) is 5.26 Å². The lowest BCUT2D eigenvalue weighted by Gasteiger charge is -2.09. The molecule has 22 heavy (non-hydrogen) atoms. The van der Waals surface area contributed by atoms with Gasteiger partial charge in [0.1, 0.15) is 12.4 Å². The number of hydrogen-bond donors (Lipinski definition) is 0. The van der Waals surface area contributed by atoms with Gasteiger partial charge in [-0.05, 0) is 37.6 Å². The third-order valence-corrected chi connectivity index (χ3v) is 3.16. The molecule has 0 amide bonds. The molecule has 5 nitrogen and oxygen atoms in total. The summed E-state index contributed by atoms with van der Waals surface area (Å²) in [7, 11) is 1.63. The van der Waals surface area contributed by atoms with E-state index in [9.17, 15) is 0 Å². The number of oxime groups is 1. The van der Waals surface area contributed by atoms with Gasteiger partial charge in [-0.1, -0.05) is 17.3 Å². The molecule has 0 saturated heterocycles. The van der Waals surface area contributed by atoms with Crippen molar-refractivity contribution in [3.05, 3.63) is 58.4 Å². The monoisotopic (exact) mass is 295 g/mol. The maximum Gasteiger partial charge on any atom is 0.146 e. The molecule has 0 aliphatic carbocycles. The van der Waals surface area contributed by atoms with Gasteiger partial charge in [0, 0.05) is 11.3 Å². The maximum atomic E-state index is 8.93. The first kappa shape index (κ1) is 15.5. The number of aryl methyl sites for hydroxylation is 2. The number of hydrogen-bond acceptors (Lipinski definition) is 5. The first-order valence-corrected chi connectivity index (χ1v) is 6.80. The molecule has 5 heteroatoms. The summed E-state index contributed by atoms with van der Waals surface area (Å²) in [5.74, 6) is 0.774. The lowest BCUT2D eigenvalue weighted by Crippen LogP contribution is -1.97. The molecule has 0 N–H and O–H groups in total. The van der Waals surface area contributed by atoms with E-state index in [1.165, 1.54) is 6.21 Å². The molecule has 0 aliphatic heterocycles. The number of ether oxygens (including phenoxy) is 1. The van der Waals surface area contributed by atoms with Crippen molar-refractivity contribution in [2.45, 2.75) is 20.5 Å². The first-order valence-electron chi connectivity index (χ1n) is 6.80. The Bertz CT molecular complexity index is 733. The second-order valence-electron chi connectivity index (χ2n) is 4.80. The van der Waals surface area contributed by atoms with Crippen molar-refractivity contribution in [1.29, 1.82) is 5.26 Å². The fraction of sp³-hybridized carbons (Fsp3) is 0.235. The Kier molecular flexibility index (Phi) is 5.10. The molecular weight excluding hydrogens is 278 g/mol. The lowest BCUT2D eigenvalue weighted by molar-refractivity contribution is 0.129. The van der Waals surface area contributed by atoms with Crippen LogP contribution < -0.4 is 4.74 Å². The topological polar surface area (TPSA) is 67.5 Å². The van der Waals surface area contributed by atoms with Gasteiger partial charge in [-0.15, -0.1) is 0 Å². The molecule has 0 unspecified atom stereocenters. The fourth-order valence-electron chi connectivity index (χ4n) is 2.07. The number of nitrogens with zero attached hydrogens (tertiary/aromatic N) is 3. The predicted octanol–water partition coefficient (Wildman–Crippen LogP) is 3.13. The van der Waals surface area contributed by atoms with Crippen molar-refractivity contribution < 1.29 is 9.57 Å². The molecule has 0 spiro atoms. The zero-order valence-corrected chi connectivity index (χ0v) is 12.8. The van der Waals surface area contributed by atoms with Crippen LogP contribution in [0.4, 0.5) is 0 Å². The molecule has 0 atom stereocenters. The summed E-state index contributed by atoms with van der Waals surface area (Å²) >= 11 is 0. The second kappa shape index (κ2) is 7.23. The van der Waals surface area contributed by atoms with Crippen LogP contribution in [0.1, 0.15) is 28.1 Å². The Hall–Kier alpha value is -2.87. The van der Waals surface area contributed by atoms with Crippen LogP contribution in [0.25, 0.3) is 0 Å². The third-order valence-electron chi connectivity index (χ3n) is 3.16. The van der Waals surface area contributed by atoms with Crippen LogP contribution in [-0.4, -0.2) is 18.3 Å². The van der Waals surface area contributed by atoms with Crippen molar-refractivity contribution in [1.82, 2.24) is 4.98 Å². The summed E-state index contributed by atoms with van der Waals surface area (Å²) in [6.45, 7) is 4.13. The Morgan fingerprint density at radius 2 is 2.14 bits per heavy atom. The van der Waals surface area contributed by atoms with Gasteiger partial charge in [0.15, 0.2) is 0 Å². The van der Waals surface area contributed by atoms with Crippen LogP contribution in [0.5, 0.6) is 5.75 Å². The first-order chi connectivity index (χ1) is 10.6. The molecule has 2 aromatic rings. The summed E-state index contributed by atoms with van der Waals surface area (Å²) in [6, 6.07) is 11.3. The number of aromatic nitrogens is 1. The van der Waals surface area contributed by atoms with Gasteiger partial charge in [0.25, 0.3) is 0 Å². The molecule has 0 aliphatic rings. The van der Waals surface area contributed by atoms with Gasteiger partial charge in [0.2, 0.25) is 0 Å². The van der Waals surface area contributed by atoms with E-state index in [1.54, 1.807) is 19.2 Å². The summed E-state index contributed by atoms with van der Waals surface area (Å²) in [5.41, 5.74) is 3.94. The van der Waals surface area contributed by atoms with Crippen molar-refractivity contribution in [2.24, 2.45) is 5.16 Å². The number of pyridine rings is 1. The minimum atomic E-state index is 0.309. The highest BCUT2D eigenvalue weighted by Gasteiger charge is 2.06. The summed E-state index contributed by atoms with van der Waals surface area (Å²) < 4.78 is 5.31. The molecule has 0 bridgehead atoms. The van der Waals surface area contributed by atoms with E-state index >= 15 is 0 Å². The minimum Gasteiger partial charge on any atom is -0.496 e. The van der Waals surface area contributed by atoms with Gasteiger partial charge >= 0.3 is 0 Å². The van der Waals surface area contributed by atoms with Crippen molar-refractivity contribution in [3.63, 3.8) is 0 Å². The smallest absolute Gasteiger partial charge is 0.146 e. The molecule has 1 aromatic heterocycles. The SMILES string of the molecule is COc1cccc(C)c1CON=Cc1cc(C#N)cc(C)n1. The van der Waals surface area contributed by atoms with Crippen molar-refractivity contribution in [3.8, 4) is 11.8 Å². The van der Waals surface area contributed by atoms with E-state index in [4.69, 9.17) is 14.8 Å². The van der Waals surface area contributed by atoms with E-state index in [0.29, 0.717) is 17.9 Å². The highest BCUT2D eigenvalue weighted by atomic mass is 16.6. The van der Waals surface area contributed by atoms with Crippen LogP contribution in [0.15, 0.2) is 35.5 Å². The van der Waals surface area contributed by atoms with E-state index < -0.39 is 0 Å². The molecule has 2 rings (SSSR count). The average Bonchev–Trinajstić information content (AvgIpc) is 2.52. The number of methoxy groups -OCH3 is 1. The highest BCUT2D eigenvalue weighted by Crippen LogP contribution is 2.22.